The van der Waals surface area contributed by atoms with Crippen molar-refractivity contribution in [3.05, 3.63) is 27.6 Å². The number of carbonyl (C=O) groups excluding carboxylic acids is 1. The van der Waals surface area contributed by atoms with Crippen molar-refractivity contribution < 1.29 is 9.32 Å². The third-order valence-electron chi connectivity index (χ3n) is 4.65. The van der Waals surface area contributed by atoms with E-state index in [-0.39, 0.29) is 5.91 Å². The Morgan fingerprint density at radius 3 is 2.70 bits per heavy atom. The van der Waals surface area contributed by atoms with Crippen LogP contribution in [0.25, 0.3) is 0 Å². The van der Waals surface area contributed by atoms with E-state index < -0.39 is 0 Å². The molecule has 0 bridgehead atoms. The summed E-state index contributed by atoms with van der Waals surface area (Å²) in [5, 5.41) is 7.41. The normalized spacial score (nSPS) is 17.9. The second-order valence-corrected chi connectivity index (χ2v) is 8.43. The van der Waals surface area contributed by atoms with Crippen LogP contribution in [-0.2, 0) is 12.8 Å². The van der Waals surface area contributed by atoms with Crippen molar-refractivity contribution in [1.82, 2.24) is 10.1 Å². The van der Waals surface area contributed by atoms with Crippen molar-refractivity contribution in [2.75, 3.05) is 5.32 Å². The van der Waals surface area contributed by atoms with Crippen LogP contribution in [0.3, 0.4) is 0 Å². The minimum Gasteiger partial charge on any atom is -0.361 e. The molecule has 0 aromatic carbocycles. The van der Waals surface area contributed by atoms with Crippen molar-refractivity contribution in [3.63, 3.8) is 0 Å². The van der Waals surface area contributed by atoms with E-state index in [1.807, 2.05) is 0 Å². The molecule has 2 heterocycles. The molecule has 5 nitrogen and oxygen atoms in total. The first-order valence-electron chi connectivity index (χ1n) is 7.98. The number of thiazole rings is 1. The van der Waals surface area contributed by atoms with E-state index in [1.165, 1.54) is 4.88 Å². The molecule has 2 aromatic rings. The molecule has 0 aliphatic heterocycles. The number of carbonyl (C=O) groups is 1. The number of hydrogen-bond donors (Lipinski definition) is 1. The maximum absolute atomic E-state index is 12.4. The molecule has 3 rings (SSSR count). The van der Waals surface area contributed by atoms with Gasteiger partial charge in [-0.25, -0.2) is 4.98 Å². The van der Waals surface area contributed by atoms with Crippen LogP contribution in [0.1, 0.15) is 59.6 Å². The lowest BCUT2D eigenvalue weighted by Crippen LogP contribution is -2.26. The first-order chi connectivity index (χ1) is 10.8. The zero-order chi connectivity index (χ0) is 16.8. The van der Waals surface area contributed by atoms with Crippen LogP contribution in [0.5, 0.6) is 0 Å². The Morgan fingerprint density at radius 2 is 2.09 bits per heavy atom. The van der Waals surface area contributed by atoms with Gasteiger partial charge in [-0.3, -0.25) is 10.1 Å². The highest BCUT2D eigenvalue weighted by atomic mass is 32.1. The zero-order valence-electron chi connectivity index (χ0n) is 14.3. The van der Waals surface area contributed by atoms with E-state index in [0.29, 0.717) is 33.5 Å². The van der Waals surface area contributed by atoms with Crippen LogP contribution in [-0.4, -0.2) is 16.0 Å². The van der Waals surface area contributed by atoms with Crippen LogP contribution in [0.2, 0.25) is 0 Å². The molecule has 1 atom stereocenters. The average molecular weight is 333 g/mol. The summed E-state index contributed by atoms with van der Waals surface area (Å²) in [5.41, 5.74) is 2.56. The van der Waals surface area contributed by atoms with Crippen molar-refractivity contribution in [3.8, 4) is 0 Å². The smallest absolute Gasteiger partial charge is 0.262 e. The van der Waals surface area contributed by atoms with Gasteiger partial charge in [-0.2, -0.15) is 0 Å². The fourth-order valence-corrected chi connectivity index (χ4v) is 4.22. The quantitative estimate of drug-likeness (QED) is 0.896. The lowest BCUT2D eigenvalue weighted by Gasteiger charge is -2.33. The summed E-state index contributed by atoms with van der Waals surface area (Å²) in [5.74, 6) is 1.01. The number of aromatic nitrogens is 2. The molecule has 0 radical (unpaired) electrons. The zero-order valence-corrected chi connectivity index (χ0v) is 15.1. The van der Waals surface area contributed by atoms with Crippen LogP contribution >= 0.6 is 11.3 Å². The highest BCUT2D eigenvalue weighted by molar-refractivity contribution is 7.15. The van der Waals surface area contributed by atoms with Gasteiger partial charge in [-0.1, -0.05) is 25.9 Å². The maximum Gasteiger partial charge on any atom is 0.262 e. The monoisotopic (exact) mass is 333 g/mol. The van der Waals surface area contributed by atoms with Gasteiger partial charge in [-0.05, 0) is 44.4 Å². The van der Waals surface area contributed by atoms with Gasteiger partial charge in [-0.15, -0.1) is 11.3 Å². The van der Waals surface area contributed by atoms with Gasteiger partial charge in [0.1, 0.15) is 11.3 Å². The third kappa shape index (κ3) is 3.17. The number of rotatable bonds is 2. The molecule has 1 N–H and O–H groups in total. The van der Waals surface area contributed by atoms with Gasteiger partial charge in [0.25, 0.3) is 5.91 Å². The molecule has 0 saturated heterocycles. The number of nitrogens with one attached hydrogen (secondary N) is 1. The molecular weight excluding hydrogens is 310 g/mol. The maximum atomic E-state index is 12.4. The van der Waals surface area contributed by atoms with Gasteiger partial charge < -0.3 is 4.52 Å². The fourth-order valence-electron chi connectivity index (χ4n) is 3.13. The average Bonchev–Trinajstić information content (AvgIpc) is 2.99. The molecule has 1 aliphatic carbocycles. The minimum atomic E-state index is -0.195. The summed E-state index contributed by atoms with van der Waals surface area (Å²) < 4.78 is 5.06. The predicted octanol–water partition coefficient (Wildman–Crippen LogP) is 4.15. The number of anilines is 1. The van der Waals surface area contributed by atoms with Crippen molar-refractivity contribution >= 4 is 22.4 Å². The van der Waals surface area contributed by atoms with Crippen LogP contribution in [0.4, 0.5) is 5.13 Å². The molecule has 6 heteroatoms. The summed E-state index contributed by atoms with van der Waals surface area (Å²) in [4.78, 5) is 18.3. The molecule has 2 aromatic heterocycles. The summed E-state index contributed by atoms with van der Waals surface area (Å²) >= 11 is 1.60. The molecule has 0 spiro atoms. The van der Waals surface area contributed by atoms with Crippen molar-refractivity contribution in [2.24, 2.45) is 11.3 Å². The summed E-state index contributed by atoms with van der Waals surface area (Å²) in [6.07, 6.45) is 3.21. The lowest BCUT2D eigenvalue weighted by atomic mass is 9.73. The first-order valence-corrected chi connectivity index (χ1v) is 8.80. The molecular formula is C17H23N3O2S. The van der Waals surface area contributed by atoms with Crippen molar-refractivity contribution in [2.45, 2.75) is 53.9 Å². The second kappa shape index (κ2) is 5.74. The fraction of sp³-hybridized carbons (Fsp3) is 0.588. The largest absolute Gasteiger partial charge is 0.361 e. The Labute approximate surface area is 140 Å². The van der Waals surface area contributed by atoms with Crippen molar-refractivity contribution in [1.29, 1.82) is 0 Å². The highest BCUT2D eigenvalue weighted by Crippen LogP contribution is 2.40. The molecule has 0 unspecified atom stereocenters. The first kappa shape index (κ1) is 16.2. The Hall–Kier alpha value is -1.69. The molecule has 1 aliphatic rings. The second-order valence-electron chi connectivity index (χ2n) is 7.35. The number of fused-ring (bicyclic) bond motifs is 1. The SMILES string of the molecule is Cc1noc(C)c1C(=O)Nc1nc2c(s1)C[C@H](C(C)(C)C)CC2. The Kier molecular flexibility index (Phi) is 4.04. The highest BCUT2D eigenvalue weighted by Gasteiger charge is 2.31. The molecule has 0 fully saturated rings. The van der Waals surface area contributed by atoms with E-state index >= 15 is 0 Å². The topological polar surface area (TPSA) is 68.0 Å². The molecule has 0 saturated carbocycles. The number of hydrogen-bond acceptors (Lipinski definition) is 5. The standard InChI is InChI=1S/C17H23N3O2S/c1-9-14(10(2)22-20-9)15(21)19-16-18-12-7-6-11(17(3,4)5)8-13(12)23-16/h11H,6-8H2,1-5H3,(H,18,19,21)/t11-/m1/s1. The Bertz CT molecular complexity index is 720. The van der Waals surface area contributed by atoms with Gasteiger partial charge in [0.2, 0.25) is 0 Å². The van der Waals surface area contributed by atoms with E-state index in [2.05, 4.69) is 36.2 Å². The molecule has 23 heavy (non-hydrogen) atoms. The minimum absolute atomic E-state index is 0.195. The van der Waals surface area contributed by atoms with Gasteiger partial charge in [0.15, 0.2) is 5.13 Å². The summed E-state index contributed by atoms with van der Waals surface area (Å²) in [7, 11) is 0. The Morgan fingerprint density at radius 1 is 1.35 bits per heavy atom. The number of aryl methyl sites for hydroxylation is 3. The lowest BCUT2D eigenvalue weighted by molar-refractivity contribution is 0.102. The van der Waals surface area contributed by atoms with E-state index in [4.69, 9.17) is 4.52 Å². The van der Waals surface area contributed by atoms with Gasteiger partial charge in [0.05, 0.1) is 11.4 Å². The van der Waals surface area contributed by atoms with E-state index in [1.54, 1.807) is 25.2 Å². The summed E-state index contributed by atoms with van der Waals surface area (Å²) in [6.45, 7) is 10.4. The molecule has 124 valence electrons. The van der Waals surface area contributed by atoms with Crippen LogP contribution in [0, 0.1) is 25.2 Å². The van der Waals surface area contributed by atoms with Gasteiger partial charge in [0, 0.05) is 4.88 Å². The molecule has 1 amide bonds. The van der Waals surface area contributed by atoms with E-state index in [9.17, 15) is 4.79 Å². The number of nitrogens with zero attached hydrogens (tertiary/aromatic N) is 2. The number of amides is 1. The van der Waals surface area contributed by atoms with Gasteiger partial charge >= 0.3 is 0 Å². The third-order valence-corrected chi connectivity index (χ3v) is 5.68. The van der Waals surface area contributed by atoms with E-state index in [0.717, 1.165) is 25.0 Å². The Balaban J connectivity index is 1.77. The van der Waals surface area contributed by atoms with Crippen LogP contribution in [0.15, 0.2) is 4.52 Å². The summed E-state index contributed by atoms with van der Waals surface area (Å²) in [6, 6.07) is 0. The van der Waals surface area contributed by atoms with Crippen LogP contribution < -0.4 is 5.32 Å². The predicted molar refractivity (Wildman–Crippen MR) is 91.0 cm³/mol.